The highest BCUT2D eigenvalue weighted by atomic mass is 35.5. The summed E-state index contributed by atoms with van der Waals surface area (Å²) in [4.78, 5) is 45.1. The molecule has 4 aromatic rings. The van der Waals surface area contributed by atoms with Crippen LogP contribution in [0.4, 0.5) is 0 Å². The molecule has 0 radical (unpaired) electrons. The molecular formula is C21H16ClN5O5S2. The lowest BCUT2D eigenvalue weighted by Crippen LogP contribution is -2.46. The highest BCUT2D eigenvalue weighted by Crippen LogP contribution is 2.28. The fourth-order valence-corrected chi connectivity index (χ4v) is 5.54. The Morgan fingerprint density at radius 3 is 2.59 bits per heavy atom. The van der Waals surface area contributed by atoms with E-state index in [-0.39, 0.29) is 20.5 Å². The Labute approximate surface area is 202 Å². The van der Waals surface area contributed by atoms with Gasteiger partial charge < -0.3 is 5.32 Å². The average Bonchev–Trinajstić information content (AvgIpc) is 3.23. The number of fused-ring (bicyclic) bond motifs is 1. The number of nitrogens with zero attached hydrogens (tertiary/aromatic N) is 3. The van der Waals surface area contributed by atoms with Crippen LogP contribution in [0.1, 0.15) is 17.3 Å². The molecule has 34 heavy (non-hydrogen) atoms. The molecule has 0 fully saturated rings. The van der Waals surface area contributed by atoms with Crippen LogP contribution in [0.2, 0.25) is 5.15 Å². The second kappa shape index (κ2) is 9.33. The second-order valence-corrected chi connectivity index (χ2v) is 10.4. The summed E-state index contributed by atoms with van der Waals surface area (Å²) in [5, 5.41) is 3.25. The van der Waals surface area contributed by atoms with Crippen LogP contribution in [0.5, 0.6) is 0 Å². The first-order chi connectivity index (χ1) is 16.1. The fourth-order valence-electron chi connectivity index (χ4n) is 2.96. The molecule has 1 aromatic carbocycles. The maximum Gasteiger partial charge on any atom is 0.273 e. The predicted molar refractivity (Wildman–Crippen MR) is 127 cm³/mol. The van der Waals surface area contributed by atoms with E-state index in [1.807, 2.05) is 4.72 Å². The number of halogens is 1. The molecule has 0 aliphatic rings. The summed E-state index contributed by atoms with van der Waals surface area (Å²) in [6, 6.07) is 9.49. The number of carbonyl (C=O) groups is 2. The largest absolute Gasteiger partial charge is 0.340 e. The monoisotopic (exact) mass is 517 g/mol. The fraction of sp³-hybridized carbons (Fsp3) is 0.0952. The number of thiophene rings is 1. The molecule has 1 unspecified atom stereocenters. The molecule has 0 bridgehead atoms. The van der Waals surface area contributed by atoms with Crippen LogP contribution in [-0.2, 0) is 14.8 Å². The summed E-state index contributed by atoms with van der Waals surface area (Å²) in [5.74, 6) is -1.49. The van der Waals surface area contributed by atoms with Gasteiger partial charge in [0.25, 0.3) is 27.4 Å². The Hall–Kier alpha value is -3.61. The quantitative estimate of drug-likeness (QED) is 0.373. The molecule has 1 atom stereocenters. The Balaban J connectivity index is 1.43. The first kappa shape index (κ1) is 23.5. The number of rotatable bonds is 6. The molecule has 3 heterocycles. The minimum Gasteiger partial charge on any atom is -0.340 e. The van der Waals surface area contributed by atoms with Gasteiger partial charge in [0.15, 0.2) is 0 Å². The third kappa shape index (κ3) is 4.98. The average molecular weight is 518 g/mol. The smallest absolute Gasteiger partial charge is 0.273 e. The van der Waals surface area contributed by atoms with E-state index in [1.165, 1.54) is 54.3 Å². The van der Waals surface area contributed by atoms with Gasteiger partial charge in [-0.3, -0.25) is 23.9 Å². The van der Waals surface area contributed by atoms with Crippen LogP contribution in [-0.4, -0.2) is 40.8 Å². The van der Waals surface area contributed by atoms with Gasteiger partial charge >= 0.3 is 0 Å². The molecule has 3 aromatic heterocycles. The first-order valence-corrected chi connectivity index (χ1v) is 12.4. The number of benzene rings is 1. The number of hydrogen-bond donors (Lipinski definition) is 2. The van der Waals surface area contributed by atoms with Gasteiger partial charge in [-0.2, -0.15) is 0 Å². The number of aromatic nitrogens is 3. The van der Waals surface area contributed by atoms with Crippen molar-refractivity contribution in [2.75, 3.05) is 0 Å². The van der Waals surface area contributed by atoms with Crippen molar-refractivity contribution < 1.29 is 18.0 Å². The van der Waals surface area contributed by atoms with Crippen molar-refractivity contribution >= 4 is 55.0 Å². The molecule has 4 rings (SSSR count). The third-order valence-corrected chi connectivity index (χ3v) is 7.77. The van der Waals surface area contributed by atoms with Crippen molar-refractivity contribution in [2.45, 2.75) is 17.2 Å². The number of nitrogens with one attached hydrogen (secondary N) is 2. The van der Waals surface area contributed by atoms with Crippen molar-refractivity contribution in [2.24, 2.45) is 0 Å². The number of hydrogen-bond acceptors (Lipinski definition) is 8. The Morgan fingerprint density at radius 1 is 1.15 bits per heavy atom. The summed E-state index contributed by atoms with van der Waals surface area (Å²) in [6.45, 7) is 1.36. The zero-order chi connectivity index (χ0) is 24.5. The molecule has 2 amide bonds. The van der Waals surface area contributed by atoms with Crippen LogP contribution in [0, 0.1) is 0 Å². The molecule has 0 aliphatic carbocycles. The number of amides is 2. The van der Waals surface area contributed by atoms with Gasteiger partial charge in [-0.15, -0.1) is 11.3 Å². The highest BCUT2D eigenvalue weighted by Gasteiger charge is 2.25. The van der Waals surface area contributed by atoms with E-state index in [0.717, 1.165) is 11.3 Å². The van der Waals surface area contributed by atoms with Gasteiger partial charge in [0.05, 0.1) is 6.20 Å². The normalized spacial score (nSPS) is 12.3. The van der Waals surface area contributed by atoms with E-state index in [2.05, 4.69) is 15.3 Å². The molecule has 0 aliphatic heterocycles. The summed E-state index contributed by atoms with van der Waals surface area (Å²) in [6.07, 6.45) is 4.12. The second-order valence-electron chi connectivity index (χ2n) is 7.09. The third-order valence-electron chi connectivity index (χ3n) is 4.70. The standard InChI is InChI=1S/C21H16ClN5O5S2/c1-12(19(29)26-34(31,32)18-10-14-4-7-16(22)25-21(14)33-18)24-20(30)13-2-5-15(6-3-13)27-9-8-23-11-17(27)28/h2-12H,1H3,(H,24,30)(H,26,29). The van der Waals surface area contributed by atoms with Gasteiger partial charge in [0.1, 0.15) is 20.2 Å². The van der Waals surface area contributed by atoms with Crippen LogP contribution < -0.4 is 15.6 Å². The van der Waals surface area contributed by atoms with E-state index in [0.29, 0.717) is 15.9 Å². The molecule has 0 saturated heterocycles. The molecule has 2 N–H and O–H groups in total. The van der Waals surface area contributed by atoms with Gasteiger partial charge in [0.2, 0.25) is 0 Å². The summed E-state index contributed by atoms with van der Waals surface area (Å²) < 4.78 is 28.5. The Kier molecular flexibility index (Phi) is 6.46. The van der Waals surface area contributed by atoms with Crippen molar-refractivity contribution in [1.82, 2.24) is 24.6 Å². The zero-order valence-electron chi connectivity index (χ0n) is 17.4. The minimum atomic E-state index is -4.17. The van der Waals surface area contributed by atoms with Gasteiger partial charge in [-0.1, -0.05) is 11.6 Å². The lowest BCUT2D eigenvalue weighted by molar-refractivity contribution is -0.120. The van der Waals surface area contributed by atoms with Crippen LogP contribution in [0.25, 0.3) is 15.9 Å². The maximum absolute atomic E-state index is 12.6. The van der Waals surface area contributed by atoms with Crippen molar-refractivity contribution in [3.8, 4) is 5.69 Å². The highest BCUT2D eigenvalue weighted by molar-refractivity contribution is 7.92. The van der Waals surface area contributed by atoms with Crippen molar-refractivity contribution in [1.29, 1.82) is 0 Å². The predicted octanol–water partition coefficient (Wildman–Crippen LogP) is 2.12. The number of carbonyl (C=O) groups excluding carboxylic acids is 2. The van der Waals surface area contributed by atoms with E-state index in [9.17, 15) is 22.8 Å². The maximum atomic E-state index is 12.6. The lowest BCUT2D eigenvalue weighted by Gasteiger charge is -2.14. The number of pyridine rings is 1. The van der Waals surface area contributed by atoms with Crippen molar-refractivity contribution in [3.05, 3.63) is 82.1 Å². The number of sulfonamides is 1. The summed E-state index contributed by atoms with van der Waals surface area (Å²) >= 11 is 6.70. The molecule has 174 valence electrons. The topological polar surface area (TPSA) is 140 Å². The van der Waals surface area contributed by atoms with E-state index in [4.69, 9.17) is 11.6 Å². The van der Waals surface area contributed by atoms with Crippen LogP contribution >= 0.6 is 22.9 Å². The molecule has 13 heteroatoms. The van der Waals surface area contributed by atoms with Crippen molar-refractivity contribution in [3.63, 3.8) is 0 Å². The summed E-state index contributed by atoms with van der Waals surface area (Å²) in [5.41, 5.74) is 0.421. The SMILES string of the molecule is CC(NC(=O)c1ccc(-n2ccncc2=O)cc1)C(=O)NS(=O)(=O)c1cc2ccc(Cl)nc2s1. The van der Waals surface area contributed by atoms with Gasteiger partial charge in [-0.05, 0) is 49.4 Å². The zero-order valence-corrected chi connectivity index (χ0v) is 19.8. The molecule has 0 spiro atoms. The molecular weight excluding hydrogens is 502 g/mol. The van der Waals surface area contributed by atoms with Gasteiger partial charge in [-0.25, -0.2) is 18.1 Å². The molecule has 0 saturated carbocycles. The van der Waals surface area contributed by atoms with Crippen LogP contribution in [0.3, 0.4) is 0 Å². The van der Waals surface area contributed by atoms with Gasteiger partial charge in [0, 0.05) is 29.0 Å². The van der Waals surface area contributed by atoms with Crippen LogP contribution in [0.15, 0.2) is 70.1 Å². The minimum absolute atomic E-state index is 0.105. The van der Waals surface area contributed by atoms with E-state index in [1.54, 1.807) is 18.2 Å². The van der Waals surface area contributed by atoms with E-state index >= 15 is 0 Å². The molecule has 10 nitrogen and oxygen atoms in total. The lowest BCUT2D eigenvalue weighted by atomic mass is 10.1. The Morgan fingerprint density at radius 2 is 1.88 bits per heavy atom. The first-order valence-electron chi connectivity index (χ1n) is 9.71. The summed E-state index contributed by atoms with van der Waals surface area (Å²) in [7, 11) is -4.17. The Bertz CT molecular complexity index is 1560. The van der Waals surface area contributed by atoms with E-state index < -0.39 is 27.9 Å².